The van der Waals surface area contributed by atoms with Crippen LogP contribution in [0.25, 0.3) is 11.2 Å². The van der Waals surface area contributed by atoms with Crippen molar-refractivity contribution >= 4 is 49.6 Å². The molecule has 7 rings (SSSR count). The number of aliphatic hydroxyl groups is 2. The smallest absolute Gasteiger partial charge is 0.335 e. The number of halogens is 1. The van der Waals surface area contributed by atoms with E-state index in [1.54, 1.807) is 0 Å². The Morgan fingerprint density at radius 1 is 1.09 bits per heavy atom. The van der Waals surface area contributed by atoms with Crippen molar-refractivity contribution in [2.45, 2.75) is 88.9 Å². The fourth-order valence-corrected chi connectivity index (χ4v) is 12.7. The monoisotopic (exact) mass is 662 g/mol. The van der Waals surface area contributed by atoms with Gasteiger partial charge in [-0.3, -0.25) is 19.0 Å². The molecule has 0 aromatic carbocycles. The molecule has 2 amide bonds. The average Bonchev–Trinajstić information content (AvgIpc) is 3.34. The van der Waals surface area contributed by atoms with Crippen LogP contribution in [0.5, 0.6) is 0 Å². The van der Waals surface area contributed by atoms with Gasteiger partial charge in [-0.15, -0.1) is 0 Å². The van der Waals surface area contributed by atoms with Crippen LogP contribution < -0.4 is 10.6 Å². The van der Waals surface area contributed by atoms with E-state index in [9.17, 15) is 29.0 Å². The van der Waals surface area contributed by atoms with Crippen molar-refractivity contribution < 1.29 is 43.6 Å². The topological polar surface area (TPSA) is 229 Å². The molecule has 5 fully saturated rings. The Balaban J connectivity index is 1.18. The largest absolute Gasteiger partial charge is 0.388 e. The summed E-state index contributed by atoms with van der Waals surface area (Å²) >= 11 is 6.22. The van der Waals surface area contributed by atoms with E-state index >= 15 is 0 Å². The number of hydrogen-bond acceptors (Lipinski definition) is 9. The van der Waals surface area contributed by atoms with E-state index in [0.29, 0.717) is 5.92 Å². The van der Waals surface area contributed by atoms with Crippen LogP contribution in [0.4, 0.5) is 10.6 Å². The molecule has 15 nitrogen and oxygen atoms in total. The lowest BCUT2D eigenvalue weighted by atomic mass is 9.43. The standard InChI is InChI=1S/C25H37ClN6O9P2/c1-23-5-13-6-24(2,8-23)10-25(7-13,9-23)31-22(35)29-18-15-19(30-21(26)28-18)32(11-27-15)20-17(34)16(33)14(41-20)3-4-42(36,37)12-43(38,39)40/h11,13-14,16-17,20,33-34H,3-10,12H2,1-2H3,(H,36,37)(H2,38,39,40)(H2,28,29,30,31,35)/t13-,14-,16+,17?,20-,23+,24-,25-/m1/s1. The Labute approximate surface area is 252 Å². The van der Waals surface area contributed by atoms with Crippen molar-refractivity contribution in [1.29, 1.82) is 0 Å². The van der Waals surface area contributed by atoms with Crippen LogP contribution in [0.1, 0.15) is 65.0 Å². The fourth-order valence-electron chi connectivity index (χ4n) is 9.02. The van der Waals surface area contributed by atoms with Crippen LogP contribution >= 0.6 is 26.6 Å². The van der Waals surface area contributed by atoms with Gasteiger partial charge in [-0.25, -0.2) is 9.78 Å². The summed E-state index contributed by atoms with van der Waals surface area (Å²) in [6, 6.07) is -0.434. The third-order valence-electron chi connectivity index (χ3n) is 9.41. The Morgan fingerprint density at radius 2 is 1.77 bits per heavy atom. The van der Waals surface area contributed by atoms with Gasteiger partial charge < -0.3 is 34.9 Å². The summed E-state index contributed by atoms with van der Waals surface area (Å²) in [7, 11) is -8.96. The van der Waals surface area contributed by atoms with Gasteiger partial charge in [0.25, 0.3) is 0 Å². The maximum absolute atomic E-state index is 13.4. The lowest BCUT2D eigenvalue weighted by molar-refractivity contribution is -0.113. The fraction of sp³-hybridized carbons (Fsp3) is 0.760. The summed E-state index contributed by atoms with van der Waals surface area (Å²) in [6.45, 7) is 4.63. The number of hydrogen-bond donors (Lipinski definition) is 7. The molecule has 4 saturated carbocycles. The van der Waals surface area contributed by atoms with Gasteiger partial charge in [-0.1, -0.05) is 13.8 Å². The molecule has 2 aromatic rings. The molecule has 0 spiro atoms. The summed E-state index contributed by atoms with van der Waals surface area (Å²) in [5.74, 6) is -0.563. The minimum atomic E-state index is -4.74. The van der Waals surface area contributed by atoms with Crippen LogP contribution in [-0.2, 0) is 13.9 Å². The number of aromatic nitrogens is 4. The van der Waals surface area contributed by atoms with Gasteiger partial charge in [-0.05, 0) is 73.3 Å². The molecular formula is C25H37ClN6O9P2. The third-order valence-corrected chi connectivity index (χ3v) is 13.8. The second-order valence-electron chi connectivity index (χ2n) is 13.9. The first-order valence-corrected chi connectivity index (χ1v) is 18.4. The Kier molecular flexibility index (Phi) is 7.60. The van der Waals surface area contributed by atoms with E-state index in [0.717, 1.165) is 19.3 Å². The number of nitrogens with zero attached hydrogens (tertiary/aromatic N) is 4. The van der Waals surface area contributed by atoms with E-state index in [-0.39, 0.29) is 45.1 Å². The molecule has 2 unspecified atom stereocenters. The molecule has 0 radical (unpaired) electrons. The maximum Gasteiger partial charge on any atom is 0.335 e. The quantitative estimate of drug-likeness (QED) is 0.160. The summed E-state index contributed by atoms with van der Waals surface area (Å²) in [4.78, 5) is 54.1. The van der Waals surface area contributed by atoms with Crippen molar-refractivity contribution in [3.8, 4) is 0 Å². The van der Waals surface area contributed by atoms with E-state index in [1.165, 1.54) is 30.2 Å². The second-order valence-corrected chi connectivity index (χ2v) is 18.8. The molecule has 1 saturated heterocycles. The number of urea groups is 1. The van der Waals surface area contributed by atoms with Gasteiger partial charge in [0.1, 0.15) is 18.1 Å². The Hall–Kier alpha value is -1.67. The molecule has 2 aromatic heterocycles. The first-order valence-electron chi connectivity index (χ1n) is 14.2. The van der Waals surface area contributed by atoms with Crippen molar-refractivity contribution in [3.05, 3.63) is 11.6 Å². The zero-order valence-electron chi connectivity index (χ0n) is 23.8. The summed E-state index contributed by atoms with van der Waals surface area (Å²) in [5, 5.41) is 27.2. The second kappa shape index (κ2) is 10.4. The van der Waals surface area contributed by atoms with Crippen LogP contribution in [0.2, 0.25) is 5.28 Å². The number of carbonyl (C=O) groups is 1. The van der Waals surface area contributed by atoms with Gasteiger partial charge in [-0.2, -0.15) is 9.97 Å². The molecule has 9 atom stereocenters. The Bertz CT molecular complexity index is 1530. The average molecular weight is 663 g/mol. The summed E-state index contributed by atoms with van der Waals surface area (Å²) in [6.07, 6.45) is 1.45. The van der Waals surface area contributed by atoms with Crippen LogP contribution in [-0.4, -0.2) is 86.4 Å². The molecule has 43 heavy (non-hydrogen) atoms. The number of carbonyl (C=O) groups excluding carboxylic acids is 1. The van der Waals surface area contributed by atoms with Gasteiger partial charge >= 0.3 is 13.6 Å². The molecule has 4 bridgehead atoms. The zero-order chi connectivity index (χ0) is 31.2. The molecule has 4 aliphatic carbocycles. The number of anilines is 1. The number of ether oxygens (including phenoxy) is 1. The third kappa shape index (κ3) is 6.25. The lowest BCUT2D eigenvalue weighted by Gasteiger charge is -2.65. The number of imidazole rings is 1. The molecule has 1 aliphatic heterocycles. The van der Waals surface area contributed by atoms with Gasteiger partial charge in [0.05, 0.1) is 12.4 Å². The summed E-state index contributed by atoms with van der Waals surface area (Å²) in [5.41, 5.74) is 0.364. The number of nitrogens with one attached hydrogen (secondary N) is 2. The molecule has 5 aliphatic rings. The molecule has 238 valence electrons. The minimum absolute atomic E-state index is 0.0524. The predicted octanol–water partition coefficient (Wildman–Crippen LogP) is 2.77. The number of amides is 2. The lowest BCUT2D eigenvalue weighted by Crippen LogP contribution is -2.65. The number of rotatable bonds is 8. The molecule has 3 heterocycles. The van der Waals surface area contributed by atoms with Crippen molar-refractivity contribution in [1.82, 2.24) is 24.8 Å². The van der Waals surface area contributed by atoms with Gasteiger partial charge in [0.2, 0.25) is 12.7 Å². The van der Waals surface area contributed by atoms with Crippen molar-refractivity contribution in [2.24, 2.45) is 16.7 Å². The van der Waals surface area contributed by atoms with Crippen LogP contribution in [0.3, 0.4) is 0 Å². The van der Waals surface area contributed by atoms with Crippen LogP contribution in [0.15, 0.2) is 6.33 Å². The van der Waals surface area contributed by atoms with Gasteiger partial charge in [0, 0.05) is 11.7 Å². The highest BCUT2D eigenvalue weighted by Crippen LogP contribution is 2.66. The van der Waals surface area contributed by atoms with Crippen molar-refractivity contribution in [2.75, 3.05) is 17.4 Å². The molecule has 7 N–H and O–H groups in total. The summed E-state index contributed by atoms with van der Waals surface area (Å²) < 4.78 is 30.5. The molecule has 18 heteroatoms. The number of aliphatic hydroxyl groups excluding tert-OH is 2. The SMILES string of the molecule is C[C@]12C[C@@H]3C[C@](C)(C1)C[C@@](NC(=O)Nc1nc(Cl)nc4c1ncn4[C@@H]1O[C@H](CCP(=O)(O)CP(=O)(O)O)[C@H](O)C1O)(C3)C2. The van der Waals surface area contributed by atoms with Crippen LogP contribution in [0, 0.1) is 16.7 Å². The van der Waals surface area contributed by atoms with E-state index in [4.69, 9.17) is 26.1 Å². The highest BCUT2D eigenvalue weighted by Gasteiger charge is 2.60. The van der Waals surface area contributed by atoms with E-state index < -0.39 is 57.6 Å². The van der Waals surface area contributed by atoms with E-state index in [1.807, 2.05) is 0 Å². The first-order chi connectivity index (χ1) is 19.9. The van der Waals surface area contributed by atoms with Gasteiger partial charge in [0.15, 0.2) is 23.2 Å². The zero-order valence-corrected chi connectivity index (χ0v) is 26.3. The Morgan fingerprint density at radius 3 is 2.40 bits per heavy atom. The van der Waals surface area contributed by atoms with Crippen molar-refractivity contribution in [3.63, 3.8) is 0 Å². The highest BCUT2D eigenvalue weighted by molar-refractivity contribution is 7.72. The number of fused-ring (bicyclic) bond motifs is 1. The maximum atomic E-state index is 13.4. The van der Waals surface area contributed by atoms with E-state index in [2.05, 4.69) is 39.4 Å². The highest BCUT2D eigenvalue weighted by atomic mass is 35.5. The molecular weight excluding hydrogens is 626 g/mol. The normalized spacial score (nSPS) is 38.4. The first kappa shape index (κ1) is 31.3. The minimum Gasteiger partial charge on any atom is -0.388 e. The predicted molar refractivity (Wildman–Crippen MR) is 155 cm³/mol.